The molecule has 0 amide bonds. The van der Waals surface area contributed by atoms with Gasteiger partial charge in [-0.2, -0.15) is 0 Å². The molecule has 1 aliphatic heterocycles. The molecule has 2 N–H and O–H groups in total. The molecule has 1 aliphatic rings. The predicted molar refractivity (Wildman–Crippen MR) is 81.8 cm³/mol. The summed E-state index contributed by atoms with van der Waals surface area (Å²) in [6.07, 6.45) is 3.76. The molecule has 0 aromatic carbocycles. The number of ether oxygens (including phenoxy) is 1. The first-order valence-electron chi connectivity index (χ1n) is 7.62. The van der Waals surface area contributed by atoms with E-state index in [1.807, 2.05) is 19.1 Å². The van der Waals surface area contributed by atoms with Crippen molar-refractivity contribution in [2.45, 2.75) is 45.7 Å². The highest BCUT2D eigenvalue weighted by atomic mass is 16.5. The number of hydrogen-bond donors (Lipinski definition) is 1. The minimum absolute atomic E-state index is 0.488. The van der Waals surface area contributed by atoms with Crippen LogP contribution in [0, 0.1) is 12.8 Å². The van der Waals surface area contributed by atoms with Crippen LogP contribution in [0.3, 0.4) is 0 Å². The molecule has 2 unspecified atom stereocenters. The summed E-state index contributed by atoms with van der Waals surface area (Å²) in [5.41, 5.74) is 8.05. The number of likely N-dealkylation sites (tertiary alicyclic amines) is 1. The quantitative estimate of drug-likeness (QED) is 0.897. The van der Waals surface area contributed by atoms with Gasteiger partial charge in [0.25, 0.3) is 0 Å². The summed E-state index contributed by atoms with van der Waals surface area (Å²) in [6, 6.07) is 4.49. The first-order valence-corrected chi connectivity index (χ1v) is 7.62. The molecule has 20 heavy (non-hydrogen) atoms. The highest BCUT2D eigenvalue weighted by molar-refractivity contribution is 5.26. The first kappa shape index (κ1) is 15.3. The Morgan fingerprint density at radius 1 is 1.45 bits per heavy atom. The fourth-order valence-corrected chi connectivity index (χ4v) is 3.12. The van der Waals surface area contributed by atoms with Crippen molar-refractivity contribution in [1.29, 1.82) is 0 Å². The summed E-state index contributed by atoms with van der Waals surface area (Å²) in [5, 5.41) is 0. The minimum atomic E-state index is 0.488. The molecule has 2 heterocycles. The number of pyridine rings is 1. The number of methoxy groups -OCH3 is 1. The van der Waals surface area contributed by atoms with E-state index in [-0.39, 0.29) is 0 Å². The van der Waals surface area contributed by atoms with Crippen molar-refractivity contribution in [2.24, 2.45) is 11.7 Å². The van der Waals surface area contributed by atoms with Gasteiger partial charge in [-0.05, 0) is 32.2 Å². The van der Waals surface area contributed by atoms with E-state index in [0.717, 1.165) is 42.7 Å². The van der Waals surface area contributed by atoms with E-state index in [9.17, 15) is 0 Å². The van der Waals surface area contributed by atoms with Crippen LogP contribution in [0.4, 0.5) is 0 Å². The van der Waals surface area contributed by atoms with Gasteiger partial charge in [0.15, 0.2) is 0 Å². The van der Waals surface area contributed by atoms with Crippen LogP contribution < -0.4 is 10.5 Å². The molecule has 1 saturated heterocycles. The predicted octanol–water partition coefficient (Wildman–Crippen LogP) is 2.35. The van der Waals surface area contributed by atoms with Crippen LogP contribution in [0.5, 0.6) is 5.75 Å². The highest BCUT2D eigenvalue weighted by Gasteiger charge is 2.26. The van der Waals surface area contributed by atoms with Gasteiger partial charge < -0.3 is 10.5 Å². The second-order valence-electron chi connectivity index (χ2n) is 5.80. The van der Waals surface area contributed by atoms with Crippen LogP contribution in [0.15, 0.2) is 12.1 Å². The Labute approximate surface area is 122 Å². The zero-order valence-corrected chi connectivity index (χ0v) is 12.9. The van der Waals surface area contributed by atoms with Crippen LogP contribution in [-0.2, 0) is 6.54 Å². The lowest BCUT2D eigenvalue weighted by molar-refractivity contribution is 0.106. The molecule has 112 valence electrons. The van der Waals surface area contributed by atoms with E-state index in [2.05, 4.69) is 16.8 Å². The van der Waals surface area contributed by atoms with Gasteiger partial charge in [0.1, 0.15) is 5.75 Å². The van der Waals surface area contributed by atoms with E-state index in [1.165, 1.54) is 19.3 Å². The number of hydrogen-bond acceptors (Lipinski definition) is 4. The molecule has 0 spiro atoms. The molecule has 2 atom stereocenters. The Morgan fingerprint density at radius 3 is 2.90 bits per heavy atom. The first-order chi connectivity index (χ1) is 9.66. The van der Waals surface area contributed by atoms with E-state index < -0.39 is 0 Å². The zero-order chi connectivity index (χ0) is 14.5. The van der Waals surface area contributed by atoms with Crippen molar-refractivity contribution in [3.63, 3.8) is 0 Å². The molecule has 0 bridgehead atoms. The third kappa shape index (κ3) is 3.70. The van der Waals surface area contributed by atoms with Crippen LogP contribution in [0.2, 0.25) is 0 Å². The number of nitrogens with two attached hydrogens (primary N) is 1. The summed E-state index contributed by atoms with van der Waals surface area (Å²) in [4.78, 5) is 7.10. The van der Waals surface area contributed by atoms with Crippen molar-refractivity contribution < 1.29 is 4.74 Å². The monoisotopic (exact) mass is 277 g/mol. The molecule has 4 nitrogen and oxygen atoms in total. The lowest BCUT2D eigenvalue weighted by atomic mass is 9.89. The summed E-state index contributed by atoms with van der Waals surface area (Å²) < 4.78 is 5.33. The number of nitrogens with zero attached hydrogens (tertiary/aromatic N) is 2. The average molecular weight is 277 g/mol. The Morgan fingerprint density at radius 2 is 2.25 bits per heavy atom. The van der Waals surface area contributed by atoms with Gasteiger partial charge >= 0.3 is 0 Å². The summed E-state index contributed by atoms with van der Waals surface area (Å²) >= 11 is 0. The lowest BCUT2D eigenvalue weighted by Gasteiger charge is -2.38. The average Bonchev–Trinajstić information content (AvgIpc) is 2.47. The smallest absolute Gasteiger partial charge is 0.122 e. The SMILES string of the molecule is CCC1CCN(Cc2cc(OC)cc(C)n2)C(CN)C1. The van der Waals surface area contributed by atoms with Crippen LogP contribution >= 0.6 is 0 Å². The van der Waals surface area contributed by atoms with Gasteiger partial charge in [0.05, 0.1) is 12.8 Å². The Hall–Kier alpha value is -1.13. The highest BCUT2D eigenvalue weighted by Crippen LogP contribution is 2.26. The molecule has 4 heteroatoms. The second kappa shape index (κ2) is 7.04. The minimum Gasteiger partial charge on any atom is -0.497 e. The molecule has 0 saturated carbocycles. The molecule has 1 fully saturated rings. The van der Waals surface area contributed by atoms with Crippen LogP contribution in [0.25, 0.3) is 0 Å². The molecule has 0 aliphatic carbocycles. The number of aromatic nitrogens is 1. The van der Waals surface area contributed by atoms with Gasteiger partial charge in [0.2, 0.25) is 0 Å². The van der Waals surface area contributed by atoms with Crippen molar-refractivity contribution in [1.82, 2.24) is 9.88 Å². The molecule has 1 aromatic heterocycles. The number of piperidine rings is 1. The number of rotatable bonds is 5. The summed E-state index contributed by atoms with van der Waals surface area (Å²) in [7, 11) is 1.70. The summed E-state index contributed by atoms with van der Waals surface area (Å²) in [6.45, 7) is 7.02. The standard InChI is InChI=1S/C16H27N3O/c1-4-13-5-6-19(15(8-13)10-17)11-14-9-16(20-3)7-12(2)18-14/h7,9,13,15H,4-6,8,10-11,17H2,1-3H3. The van der Waals surface area contributed by atoms with Crippen LogP contribution in [-0.4, -0.2) is 36.1 Å². The van der Waals surface area contributed by atoms with E-state index in [0.29, 0.717) is 6.04 Å². The molecule has 2 rings (SSSR count). The van der Waals surface area contributed by atoms with Gasteiger partial charge in [-0.15, -0.1) is 0 Å². The fourth-order valence-electron chi connectivity index (χ4n) is 3.12. The Balaban J connectivity index is 2.06. The van der Waals surface area contributed by atoms with Crippen molar-refractivity contribution in [3.05, 3.63) is 23.5 Å². The molecule has 0 radical (unpaired) electrons. The van der Waals surface area contributed by atoms with E-state index in [4.69, 9.17) is 10.5 Å². The molecular weight excluding hydrogens is 250 g/mol. The Kier molecular flexibility index (Phi) is 5.38. The normalized spacial score (nSPS) is 23.8. The number of aryl methyl sites for hydroxylation is 1. The maximum absolute atomic E-state index is 5.96. The van der Waals surface area contributed by atoms with Crippen molar-refractivity contribution >= 4 is 0 Å². The topological polar surface area (TPSA) is 51.4 Å². The van der Waals surface area contributed by atoms with E-state index in [1.54, 1.807) is 7.11 Å². The van der Waals surface area contributed by atoms with E-state index >= 15 is 0 Å². The van der Waals surface area contributed by atoms with Gasteiger partial charge in [-0.1, -0.05) is 13.3 Å². The largest absolute Gasteiger partial charge is 0.497 e. The fraction of sp³-hybridized carbons (Fsp3) is 0.688. The maximum atomic E-state index is 5.96. The van der Waals surface area contributed by atoms with Crippen LogP contribution in [0.1, 0.15) is 37.6 Å². The summed E-state index contributed by atoms with van der Waals surface area (Å²) in [5.74, 6) is 1.72. The third-order valence-electron chi connectivity index (χ3n) is 4.38. The van der Waals surface area contributed by atoms with Crippen molar-refractivity contribution in [2.75, 3.05) is 20.2 Å². The van der Waals surface area contributed by atoms with Gasteiger partial charge in [0, 0.05) is 37.0 Å². The second-order valence-corrected chi connectivity index (χ2v) is 5.80. The van der Waals surface area contributed by atoms with Gasteiger partial charge in [-0.3, -0.25) is 9.88 Å². The lowest BCUT2D eigenvalue weighted by Crippen LogP contribution is -2.46. The maximum Gasteiger partial charge on any atom is 0.122 e. The van der Waals surface area contributed by atoms with Crippen molar-refractivity contribution in [3.8, 4) is 5.75 Å². The Bertz CT molecular complexity index is 436. The zero-order valence-electron chi connectivity index (χ0n) is 12.9. The molecule has 1 aromatic rings. The van der Waals surface area contributed by atoms with Gasteiger partial charge in [-0.25, -0.2) is 0 Å². The molecular formula is C16H27N3O. The third-order valence-corrected chi connectivity index (χ3v) is 4.38.